The van der Waals surface area contributed by atoms with E-state index in [1.807, 2.05) is 17.0 Å². The lowest BCUT2D eigenvalue weighted by Gasteiger charge is -2.37. The molecule has 5 rings (SSSR count). The average Bonchev–Trinajstić information content (AvgIpc) is 3.61. The maximum absolute atomic E-state index is 13.1. The van der Waals surface area contributed by atoms with Gasteiger partial charge in [-0.1, -0.05) is 0 Å². The molecule has 0 aliphatic carbocycles. The van der Waals surface area contributed by atoms with Crippen molar-refractivity contribution in [2.24, 2.45) is 11.8 Å². The molecule has 1 aromatic heterocycles. The van der Waals surface area contributed by atoms with E-state index in [1.54, 1.807) is 11.1 Å². The minimum absolute atomic E-state index is 0.0316. The third-order valence-corrected chi connectivity index (χ3v) is 7.54. The van der Waals surface area contributed by atoms with Crippen molar-refractivity contribution >= 4 is 23.7 Å². The zero-order valence-electron chi connectivity index (χ0n) is 19.6. The summed E-state index contributed by atoms with van der Waals surface area (Å²) in [6, 6.07) is 3.66. The van der Waals surface area contributed by atoms with Crippen LogP contribution in [-0.4, -0.2) is 97.7 Å². The van der Waals surface area contributed by atoms with E-state index in [-0.39, 0.29) is 23.9 Å². The second kappa shape index (κ2) is 10.2. The fourth-order valence-corrected chi connectivity index (χ4v) is 5.71. The summed E-state index contributed by atoms with van der Waals surface area (Å²) in [6.45, 7) is 6.16. The maximum atomic E-state index is 13.1. The first-order valence-electron chi connectivity index (χ1n) is 12.5. The highest BCUT2D eigenvalue weighted by Crippen LogP contribution is 2.37. The second-order valence-electron chi connectivity index (χ2n) is 9.68. The molecule has 5 heterocycles. The van der Waals surface area contributed by atoms with Crippen molar-refractivity contribution in [3.8, 4) is 0 Å². The van der Waals surface area contributed by atoms with Crippen molar-refractivity contribution < 1.29 is 19.1 Å². The van der Waals surface area contributed by atoms with Crippen LogP contribution in [0.15, 0.2) is 18.3 Å². The summed E-state index contributed by atoms with van der Waals surface area (Å²) in [5.41, 5.74) is 0.685. The van der Waals surface area contributed by atoms with E-state index >= 15 is 0 Å². The van der Waals surface area contributed by atoms with E-state index < -0.39 is 0 Å². The molecule has 10 heteroatoms. The molecule has 1 aromatic rings. The van der Waals surface area contributed by atoms with Crippen molar-refractivity contribution in [1.82, 2.24) is 25.4 Å². The molecule has 4 saturated heterocycles. The van der Waals surface area contributed by atoms with Gasteiger partial charge in [-0.05, 0) is 37.3 Å². The number of ether oxygens (including phenoxy) is 1. The first-order valence-corrected chi connectivity index (χ1v) is 12.5. The third-order valence-electron chi connectivity index (χ3n) is 7.54. The van der Waals surface area contributed by atoms with Gasteiger partial charge in [-0.3, -0.25) is 9.59 Å². The minimum Gasteiger partial charge on any atom is -0.377 e. The third kappa shape index (κ3) is 4.82. The molecule has 0 spiro atoms. The van der Waals surface area contributed by atoms with E-state index in [1.165, 1.54) is 0 Å². The molecule has 34 heavy (non-hydrogen) atoms. The molecule has 4 aliphatic heterocycles. The summed E-state index contributed by atoms with van der Waals surface area (Å²) in [6.07, 6.45) is 5.05. The number of fused-ring (bicyclic) bond motifs is 1. The predicted molar refractivity (Wildman–Crippen MR) is 126 cm³/mol. The Morgan fingerprint density at radius 3 is 2.85 bits per heavy atom. The number of amides is 4. The summed E-state index contributed by atoms with van der Waals surface area (Å²) in [5, 5.41) is 5.69. The van der Waals surface area contributed by atoms with E-state index in [9.17, 15) is 14.4 Å². The molecular formula is C24H34N6O4. The first-order chi connectivity index (χ1) is 16.6. The molecule has 0 bridgehead atoms. The molecule has 0 unspecified atom stereocenters. The number of anilines is 1. The van der Waals surface area contributed by atoms with E-state index in [0.717, 1.165) is 51.3 Å². The van der Waals surface area contributed by atoms with E-state index in [2.05, 4.69) is 20.5 Å². The Kier molecular flexibility index (Phi) is 6.85. The van der Waals surface area contributed by atoms with Gasteiger partial charge in [-0.15, -0.1) is 0 Å². The molecule has 4 amide bonds. The van der Waals surface area contributed by atoms with Crippen LogP contribution in [0, 0.1) is 11.8 Å². The number of piperidine rings is 1. The van der Waals surface area contributed by atoms with Gasteiger partial charge in [0.1, 0.15) is 5.82 Å². The summed E-state index contributed by atoms with van der Waals surface area (Å²) in [7, 11) is 0. The topological polar surface area (TPSA) is 107 Å². The lowest BCUT2D eigenvalue weighted by atomic mass is 9.83. The Morgan fingerprint density at radius 2 is 2.06 bits per heavy atom. The fraction of sp³-hybridized carbons (Fsp3) is 0.667. The Hall–Kier alpha value is -2.88. The van der Waals surface area contributed by atoms with Crippen molar-refractivity contribution in [2.45, 2.75) is 31.8 Å². The molecule has 0 aromatic carbocycles. The first kappa shape index (κ1) is 22.9. The minimum atomic E-state index is -0.0864. The van der Waals surface area contributed by atoms with E-state index in [0.29, 0.717) is 56.6 Å². The molecule has 2 N–H and O–H groups in total. The van der Waals surface area contributed by atoms with Crippen LogP contribution in [0.1, 0.15) is 36.0 Å². The SMILES string of the molecule is O=C(C[C@@H]1OC[C@H]2CN(c3ncccc3C(=O)N3CCCC3)CC[C@H]21)NCCN1CCNC1=O. The Bertz CT molecular complexity index is 920. The lowest BCUT2D eigenvalue weighted by molar-refractivity contribution is -0.123. The van der Waals surface area contributed by atoms with Crippen molar-refractivity contribution in [2.75, 3.05) is 63.9 Å². The van der Waals surface area contributed by atoms with Gasteiger partial charge >= 0.3 is 6.03 Å². The zero-order chi connectivity index (χ0) is 23.5. The molecule has 0 radical (unpaired) electrons. The number of hydrogen-bond acceptors (Lipinski definition) is 6. The number of nitrogens with zero attached hydrogens (tertiary/aromatic N) is 4. The number of carbonyl (C=O) groups excluding carboxylic acids is 3. The molecule has 10 nitrogen and oxygen atoms in total. The number of urea groups is 1. The number of carbonyl (C=O) groups is 3. The van der Waals surface area contributed by atoms with Crippen LogP contribution in [0.5, 0.6) is 0 Å². The predicted octanol–water partition coefficient (Wildman–Crippen LogP) is 0.690. The highest BCUT2D eigenvalue weighted by Gasteiger charge is 2.42. The zero-order valence-corrected chi connectivity index (χ0v) is 19.6. The van der Waals surface area contributed by atoms with Gasteiger partial charge in [0.25, 0.3) is 5.91 Å². The monoisotopic (exact) mass is 470 g/mol. The number of nitrogens with one attached hydrogen (secondary N) is 2. The van der Waals surface area contributed by atoms with Gasteiger partial charge in [-0.25, -0.2) is 9.78 Å². The molecule has 4 aliphatic rings. The van der Waals surface area contributed by atoms with Crippen LogP contribution >= 0.6 is 0 Å². The molecule has 184 valence electrons. The van der Waals surface area contributed by atoms with Crippen LogP contribution in [0.2, 0.25) is 0 Å². The summed E-state index contributed by atoms with van der Waals surface area (Å²) >= 11 is 0. The van der Waals surface area contributed by atoms with Crippen LogP contribution in [0.4, 0.5) is 10.6 Å². The standard InChI is InChI=1S/C24H34N6O4/c31-21(25-7-12-29-13-8-27-24(29)33)14-20-18-5-11-30(15-17(18)16-34-20)22-19(4-3-6-26-22)23(32)28-9-1-2-10-28/h3-4,6,17-18,20H,1-2,5,7-16H2,(H,25,31)(H,27,33)/t17-,18-,20+/m1/s1. The Morgan fingerprint density at radius 1 is 1.21 bits per heavy atom. The lowest BCUT2D eigenvalue weighted by Crippen LogP contribution is -2.44. The number of pyridine rings is 1. The second-order valence-corrected chi connectivity index (χ2v) is 9.68. The Balaban J connectivity index is 1.14. The molecule has 0 saturated carbocycles. The van der Waals surface area contributed by atoms with Crippen LogP contribution in [0.3, 0.4) is 0 Å². The van der Waals surface area contributed by atoms with Gasteiger partial charge in [-0.2, -0.15) is 0 Å². The van der Waals surface area contributed by atoms with Gasteiger partial charge in [0.2, 0.25) is 5.91 Å². The van der Waals surface area contributed by atoms with Crippen molar-refractivity contribution in [3.63, 3.8) is 0 Å². The number of rotatable bonds is 7. The molecular weight excluding hydrogens is 436 g/mol. The van der Waals surface area contributed by atoms with Crippen LogP contribution in [-0.2, 0) is 9.53 Å². The van der Waals surface area contributed by atoms with Crippen LogP contribution in [0.25, 0.3) is 0 Å². The number of aromatic nitrogens is 1. The molecule has 4 fully saturated rings. The highest BCUT2D eigenvalue weighted by molar-refractivity contribution is 5.99. The molecule has 3 atom stereocenters. The number of likely N-dealkylation sites (tertiary alicyclic amines) is 1. The summed E-state index contributed by atoms with van der Waals surface area (Å²) in [4.78, 5) is 47.6. The average molecular weight is 471 g/mol. The van der Waals surface area contributed by atoms with E-state index in [4.69, 9.17) is 4.74 Å². The fourth-order valence-electron chi connectivity index (χ4n) is 5.71. The van der Waals surface area contributed by atoms with Crippen LogP contribution < -0.4 is 15.5 Å². The highest BCUT2D eigenvalue weighted by atomic mass is 16.5. The summed E-state index contributed by atoms with van der Waals surface area (Å²) < 4.78 is 6.05. The maximum Gasteiger partial charge on any atom is 0.317 e. The number of hydrogen-bond donors (Lipinski definition) is 2. The largest absolute Gasteiger partial charge is 0.377 e. The van der Waals surface area contributed by atoms with Gasteiger partial charge in [0, 0.05) is 64.5 Å². The quantitative estimate of drug-likeness (QED) is 0.607. The van der Waals surface area contributed by atoms with Gasteiger partial charge in [0.05, 0.1) is 24.7 Å². The van der Waals surface area contributed by atoms with Crippen molar-refractivity contribution in [3.05, 3.63) is 23.9 Å². The van der Waals surface area contributed by atoms with Gasteiger partial charge in [0.15, 0.2) is 0 Å². The smallest absolute Gasteiger partial charge is 0.317 e. The summed E-state index contributed by atoms with van der Waals surface area (Å²) in [5.74, 6) is 1.46. The normalized spacial score (nSPS) is 26.5. The Labute approximate surface area is 200 Å². The van der Waals surface area contributed by atoms with Gasteiger partial charge < -0.3 is 30.1 Å². The van der Waals surface area contributed by atoms with Crippen molar-refractivity contribution in [1.29, 1.82) is 0 Å².